The Morgan fingerprint density at radius 3 is 2.33 bits per heavy atom. The number of aliphatic imine (C=N–C) groups is 1. The molecule has 0 aliphatic heterocycles. The van der Waals surface area contributed by atoms with Gasteiger partial charge in [0.2, 0.25) is 5.13 Å². The topological polar surface area (TPSA) is 90.2 Å². The first-order chi connectivity index (χ1) is 19.1. The summed E-state index contributed by atoms with van der Waals surface area (Å²) < 4.78 is 15.9. The Balaban J connectivity index is 1.62. The lowest BCUT2D eigenvalue weighted by molar-refractivity contribution is 0.104. The third kappa shape index (κ3) is 6.58. The minimum atomic E-state index is -0.335. The summed E-state index contributed by atoms with van der Waals surface area (Å²) in [4.78, 5) is 21.9. The molecular formula is C32H32N2O5S. The highest BCUT2D eigenvalue weighted by Crippen LogP contribution is 2.36. The summed E-state index contributed by atoms with van der Waals surface area (Å²) in [5, 5.41) is 13.5. The van der Waals surface area contributed by atoms with Crippen molar-refractivity contribution in [3.05, 3.63) is 88.3 Å². The normalized spacial score (nSPS) is 11.8. The van der Waals surface area contributed by atoms with Crippen LogP contribution in [-0.4, -0.2) is 43.4 Å². The summed E-state index contributed by atoms with van der Waals surface area (Å²) in [5.74, 6) is 1.96. The zero-order chi connectivity index (χ0) is 28.9. The van der Waals surface area contributed by atoms with Crippen LogP contribution in [-0.2, 0) is 5.41 Å². The predicted molar refractivity (Wildman–Crippen MR) is 161 cm³/mol. The molecule has 0 unspecified atom stereocenters. The van der Waals surface area contributed by atoms with Gasteiger partial charge in [-0.15, -0.1) is 11.3 Å². The largest absolute Gasteiger partial charge is 0.507 e. The quantitative estimate of drug-likeness (QED) is 0.131. The van der Waals surface area contributed by atoms with Crippen molar-refractivity contribution in [3.63, 3.8) is 0 Å². The standard InChI is InChI=1S/C32H32N2O5S/c1-32(2,3)25-16-20(7-13-27(35)21-8-11-24(37-4)12-9-21)15-23(30(25)36)18-33-31-34-26(19-40-31)22-10-14-28(38-5)29(17-22)39-6/h7-19,36H,1-6H3/b13-7+,33-18+. The van der Waals surface area contributed by atoms with E-state index in [1.807, 2.05) is 50.4 Å². The first-order valence-electron chi connectivity index (χ1n) is 12.6. The maximum Gasteiger partial charge on any atom is 0.209 e. The Kier molecular flexibility index (Phi) is 8.70. The van der Waals surface area contributed by atoms with Crippen LogP contribution in [0.25, 0.3) is 17.3 Å². The van der Waals surface area contributed by atoms with E-state index in [4.69, 9.17) is 14.2 Å². The molecule has 0 aliphatic carbocycles. The summed E-state index contributed by atoms with van der Waals surface area (Å²) in [6, 6.07) is 16.3. The van der Waals surface area contributed by atoms with Crippen LogP contribution in [0.3, 0.4) is 0 Å². The zero-order valence-corrected chi connectivity index (χ0v) is 24.2. The van der Waals surface area contributed by atoms with Gasteiger partial charge in [0.1, 0.15) is 11.5 Å². The second-order valence-electron chi connectivity index (χ2n) is 10.0. The van der Waals surface area contributed by atoms with Crippen LogP contribution in [0.2, 0.25) is 0 Å². The van der Waals surface area contributed by atoms with Crippen molar-refractivity contribution < 1.29 is 24.1 Å². The van der Waals surface area contributed by atoms with Gasteiger partial charge in [-0.05, 0) is 71.7 Å². The van der Waals surface area contributed by atoms with Gasteiger partial charge >= 0.3 is 0 Å². The molecule has 1 N–H and O–H groups in total. The number of rotatable bonds is 9. The number of carbonyl (C=O) groups excluding carboxylic acids is 1. The molecule has 0 radical (unpaired) electrons. The van der Waals surface area contributed by atoms with Gasteiger partial charge in [0.15, 0.2) is 17.3 Å². The number of nitrogens with zero attached hydrogens (tertiary/aromatic N) is 2. The fourth-order valence-corrected chi connectivity index (χ4v) is 4.72. The summed E-state index contributed by atoms with van der Waals surface area (Å²) in [6.45, 7) is 6.07. The molecule has 40 heavy (non-hydrogen) atoms. The van der Waals surface area contributed by atoms with Crippen molar-refractivity contribution in [2.75, 3.05) is 21.3 Å². The number of benzene rings is 3. The van der Waals surface area contributed by atoms with E-state index in [0.717, 1.165) is 22.4 Å². The lowest BCUT2D eigenvalue weighted by Gasteiger charge is -2.22. The number of carbonyl (C=O) groups is 1. The molecule has 0 amide bonds. The zero-order valence-electron chi connectivity index (χ0n) is 23.4. The van der Waals surface area contributed by atoms with E-state index in [1.54, 1.807) is 64.0 Å². The molecule has 0 spiro atoms. The van der Waals surface area contributed by atoms with Gasteiger partial charge in [-0.2, -0.15) is 0 Å². The second kappa shape index (κ2) is 12.2. The van der Waals surface area contributed by atoms with Crippen molar-refractivity contribution in [3.8, 4) is 34.3 Å². The average molecular weight is 557 g/mol. The number of allylic oxidation sites excluding steroid dienone is 1. The Bertz CT molecular complexity index is 1560. The highest BCUT2D eigenvalue weighted by atomic mass is 32.1. The van der Waals surface area contributed by atoms with Crippen LogP contribution in [0, 0.1) is 0 Å². The Morgan fingerprint density at radius 1 is 0.950 bits per heavy atom. The van der Waals surface area contributed by atoms with Crippen LogP contribution in [0.15, 0.2) is 71.0 Å². The van der Waals surface area contributed by atoms with E-state index in [9.17, 15) is 9.90 Å². The number of ketones is 1. The van der Waals surface area contributed by atoms with E-state index in [-0.39, 0.29) is 16.9 Å². The van der Waals surface area contributed by atoms with Gasteiger partial charge < -0.3 is 19.3 Å². The molecule has 0 bridgehead atoms. The number of ether oxygens (including phenoxy) is 3. The molecule has 7 nitrogen and oxygen atoms in total. The number of aromatic hydroxyl groups is 1. The van der Waals surface area contributed by atoms with Gasteiger partial charge in [-0.25, -0.2) is 9.98 Å². The number of hydrogen-bond acceptors (Lipinski definition) is 8. The summed E-state index contributed by atoms with van der Waals surface area (Å²) in [7, 11) is 4.77. The molecule has 8 heteroatoms. The number of aromatic nitrogens is 1. The van der Waals surface area contributed by atoms with Gasteiger partial charge in [0.25, 0.3) is 0 Å². The van der Waals surface area contributed by atoms with Crippen LogP contribution in [0.1, 0.15) is 47.8 Å². The van der Waals surface area contributed by atoms with Crippen molar-refractivity contribution in [1.29, 1.82) is 0 Å². The predicted octanol–water partition coefficient (Wildman–Crippen LogP) is 7.49. The molecule has 4 rings (SSSR count). The van der Waals surface area contributed by atoms with Gasteiger partial charge in [-0.3, -0.25) is 4.79 Å². The maximum absolute atomic E-state index is 12.7. The smallest absolute Gasteiger partial charge is 0.209 e. The average Bonchev–Trinajstić information content (AvgIpc) is 3.43. The molecule has 1 aromatic heterocycles. The molecule has 0 fully saturated rings. The molecule has 206 valence electrons. The number of hydrogen-bond donors (Lipinski definition) is 1. The highest BCUT2D eigenvalue weighted by Gasteiger charge is 2.21. The molecule has 0 saturated heterocycles. The monoisotopic (exact) mass is 556 g/mol. The van der Waals surface area contributed by atoms with Crippen LogP contribution in [0.4, 0.5) is 5.13 Å². The second-order valence-corrected chi connectivity index (χ2v) is 10.9. The first-order valence-corrected chi connectivity index (χ1v) is 13.5. The molecule has 1 heterocycles. The molecule has 0 saturated carbocycles. The number of phenolic OH excluding ortho intramolecular Hbond substituents is 1. The fourth-order valence-electron chi connectivity index (χ4n) is 4.05. The number of phenols is 1. The van der Waals surface area contributed by atoms with E-state index in [0.29, 0.717) is 33.5 Å². The van der Waals surface area contributed by atoms with Crippen LogP contribution >= 0.6 is 11.3 Å². The number of methoxy groups -OCH3 is 3. The minimum Gasteiger partial charge on any atom is -0.507 e. The van der Waals surface area contributed by atoms with Gasteiger partial charge in [0.05, 0.1) is 27.0 Å². The van der Waals surface area contributed by atoms with E-state index in [2.05, 4.69) is 9.98 Å². The summed E-state index contributed by atoms with van der Waals surface area (Å²) >= 11 is 1.39. The van der Waals surface area contributed by atoms with Crippen molar-refractivity contribution in [2.45, 2.75) is 26.2 Å². The maximum atomic E-state index is 12.7. The van der Waals surface area contributed by atoms with E-state index in [1.165, 1.54) is 17.4 Å². The van der Waals surface area contributed by atoms with Crippen molar-refractivity contribution in [1.82, 2.24) is 4.98 Å². The minimum absolute atomic E-state index is 0.131. The van der Waals surface area contributed by atoms with Crippen molar-refractivity contribution >= 4 is 34.5 Å². The lowest BCUT2D eigenvalue weighted by Crippen LogP contribution is -2.12. The van der Waals surface area contributed by atoms with Crippen LogP contribution < -0.4 is 14.2 Å². The third-order valence-electron chi connectivity index (χ3n) is 6.26. The number of thiazole rings is 1. The SMILES string of the molecule is COc1ccc(C(=O)/C=C/c2cc(/C=N/c3nc(-c4ccc(OC)c(OC)c4)cs3)c(O)c(C(C)(C)C)c2)cc1. The van der Waals surface area contributed by atoms with Crippen molar-refractivity contribution in [2.24, 2.45) is 4.99 Å². The molecule has 0 atom stereocenters. The van der Waals surface area contributed by atoms with E-state index < -0.39 is 0 Å². The molecule has 4 aromatic rings. The van der Waals surface area contributed by atoms with Gasteiger partial charge in [-0.1, -0.05) is 26.8 Å². The molecule has 3 aromatic carbocycles. The Morgan fingerprint density at radius 2 is 1.68 bits per heavy atom. The summed E-state index contributed by atoms with van der Waals surface area (Å²) in [5.41, 5.74) is 3.91. The third-order valence-corrected chi connectivity index (χ3v) is 7.01. The Hall–Kier alpha value is -4.43. The fraction of sp³-hybridized carbons (Fsp3) is 0.219. The van der Waals surface area contributed by atoms with Gasteiger partial charge in [0, 0.05) is 33.8 Å². The van der Waals surface area contributed by atoms with Crippen LogP contribution in [0.5, 0.6) is 23.0 Å². The van der Waals surface area contributed by atoms with E-state index >= 15 is 0 Å². The molecular weight excluding hydrogens is 524 g/mol. The lowest BCUT2D eigenvalue weighted by atomic mass is 9.84. The Labute approximate surface area is 238 Å². The summed E-state index contributed by atoms with van der Waals surface area (Å²) in [6.07, 6.45) is 4.87. The first kappa shape index (κ1) is 28.6. The highest BCUT2D eigenvalue weighted by molar-refractivity contribution is 7.13. The molecule has 0 aliphatic rings.